The highest BCUT2D eigenvalue weighted by Crippen LogP contribution is 2.36. The molecule has 3 aliphatic rings. The van der Waals surface area contributed by atoms with Crippen molar-refractivity contribution in [3.63, 3.8) is 0 Å². The highest BCUT2D eigenvalue weighted by Gasteiger charge is 2.36. The Morgan fingerprint density at radius 3 is 2.77 bits per heavy atom. The van der Waals surface area contributed by atoms with E-state index in [9.17, 15) is 9.59 Å². The monoisotopic (exact) mass is 415 g/mol. The molecule has 1 amide bonds. The first-order chi connectivity index (χ1) is 15.2. The first-order valence-electron chi connectivity index (χ1n) is 11.8. The molecule has 2 aliphatic heterocycles. The van der Waals surface area contributed by atoms with Gasteiger partial charge >= 0.3 is 0 Å². The highest BCUT2D eigenvalue weighted by molar-refractivity contribution is 5.86. The standard InChI is InChI=1S/C26H29N3O2/c30-25(27-15-18-14-19(17-27)22-10-5-11-26(31)29(22)16-18)12-13-28-23-8-3-1-6-20(23)21-7-2-4-9-24(21)28/h1,3,5-6,8,10-11,18-19H,2,4,7,9,12-17H2/t18-,19+/m1/s1. The van der Waals surface area contributed by atoms with Gasteiger partial charge in [-0.1, -0.05) is 24.3 Å². The minimum absolute atomic E-state index is 0.0937. The molecule has 2 atom stereocenters. The van der Waals surface area contributed by atoms with E-state index < -0.39 is 0 Å². The Hall–Kier alpha value is -2.82. The van der Waals surface area contributed by atoms with Crippen LogP contribution in [0.1, 0.15) is 48.6 Å². The highest BCUT2D eigenvalue weighted by atomic mass is 16.2. The third kappa shape index (κ3) is 3.13. The molecule has 1 saturated heterocycles. The third-order valence-electron chi connectivity index (χ3n) is 7.67. The minimum Gasteiger partial charge on any atom is -0.344 e. The zero-order chi connectivity index (χ0) is 20.9. The molecule has 1 aliphatic carbocycles. The lowest BCUT2D eigenvalue weighted by atomic mass is 9.83. The molecule has 0 unspecified atom stereocenters. The molecule has 0 spiro atoms. The smallest absolute Gasteiger partial charge is 0.250 e. The number of carbonyl (C=O) groups is 1. The molecular formula is C26H29N3O2. The molecule has 1 fully saturated rings. The fraction of sp³-hybridized carbons (Fsp3) is 0.462. The molecular weight excluding hydrogens is 386 g/mol. The molecule has 5 nitrogen and oxygen atoms in total. The van der Waals surface area contributed by atoms with Crippen molar-refractivity contribution in [2.45, 2.75) is 57.5 Å². The lowest BCUT2D eigenvalue weighted by Crippen LogP contribution is -2.49. The number of piperidine rings is 1. The Balaban J connectivity index is 1.22. The quantitative estimate of drug-likeness (QED) is 0.655. The predicted molar refractivity (Wildman–Crippen MR) is 121 cm³/mol. The number of rotatable bonds is 3. The number of carbonyl (C=O) groups excluding carboxylic acids is 1. The maximum absolute atomic E-state index is 13.3. The van der Waals surface area contributed by atoms with Gasteiger partial charge in [-0.15, -0.1) is 0 Å². The van der Waals surface area contributed by atoms with Crippen LogP contribution in [0.3, 0.4) is 0 Å². The molecule has 0 radical (unpaired) electrons. The summed E-state index contributed by atoms with van der Waals surface area (Å²) in [4.78, 5) is 27.6. The van der Waals surface area contributed by atoms with Crippen LogP contribution in [0, 0.1) is 5.92 Å². The van der Waals surface area contributed by atoms with E-state index in [-0.39, 0.29) is 17.4 Å². The van der Waals surface area contributed by atoms with Crippen LogP contribution in [-0.2, 0) is 30.7 Å². The maximum atomic E-state index is 13.3. The van der Waals surface area contributed by atoms with Crippen molar-refractivity contribution in [2.75, 3.05) is 13.1 Å². The lowest BCUT2D eigenvalue weighted by Gasteiger charge is -2.42. The van der Waals surface area contributed by atoms with Gasteiger partial charge in [0.1, 0.15) is 0 Å². The van der Waals surface area contributed by atoms with Gasteiger partial charge in [0.2, 0.25) is 5.91 Å². The molecule has 4 heterocycles. The Bertz CT molecular complexity index is 1220. The van der Waals surface area contributed by atoms with Crippen LogP contribution in [0.15, 0.2) is 47.3 Å². The van der Waals surface area contributed by atoms with Crippen LogP contribution in [0.4, 0.5) is 0 Å². The third-order valence-corrected chi connectivity index (χ3v) is 7.67. The SMILES string of the molecule is O=C(CCn1c2c(c3ccccc31)CCCC2)N1C[C@H]2C[C@@H](C1)c1cccc(=O)n1C2. The summed E-state index contributed by atoms with van der Waals surface area (Å²) in [6, 6.07) is 14.3. The van der Waals surface area contributed by atoms with E-state index in [1.807, 2.05) is 10.6 Å². The van der Waals surface area contributed by atoms with Crippen LogP contribution in [0.25, 0.3) is 10.9 Å². The second-order valence-electron chi connectivity index (χ2n) is 9.55. The molecule has 1 aromatic carbocycles. The van der Waals surface area contributed by atoms with Gasteiger partial charge in [-0.05, 0) is 55.7 Å². The molecule has 5 heteroatoms. The van der Waals surface area contributed by atoms with Gasteiger partial charge < -0.3 is 14.0 Å². The van der Waals surface area contributed by atoms with Crippen LogP contribution in [0.2, 0.25) is 0 Å². The van der Waals surface area contributed by atoms with Crippen molar-refractivity contribution in [1.82, 2.24) is 14.0 Å². The summed E-state index contributed by atoms with van der Waals surface area (Å²) in [5, 5.41) is 1.37. The molecule has 3 aromatic rings. The largest absolute Gasteiger partial charge is 0.344 e. The number of nitrogens with zero attached hydrogens (tertiary/aromatic N) is 3. The maximum Gasteiger partial charge on any atom is 0.250 e. The van der Waals surface area contributed by atoms with E-state index in [2.05, 4.69) is 39.8 Å². The van der Waals surface area contributed by atoms with Gasteiger partial charge in [-0.3, -0.25) is 9.59 Å². The van der Waals surface area contributed by atoms with Crippen molar-refractivity contribution in [2.24, 2.45) is 5.92 Å². The van der Waals surface area contributed by atoms with Gasteiger partial charge in [0.15, 0.2) is 0 Å². The number of aromatic nitrogens is 2. The summed E-state index contributed by atoms with van der Waals surface area (Å²) in [5.41, 5.74) is 5.43. The van der Waals surface area contributed by atoms with Crippen LogP contribution >= 0.6 is 0 Å². The number of para-hydroxylation sites is 1. The van der Waals surface area contributed by atoms with Gasteiger partial charge in [0.05, 0.1) is 0 Å². The van der Waals surface area contributed by atoms with E-state index in [1.54, 1.807) is 6.07 Å². The topological polar surface area (TPSA) is 47.2 Å². The van der Waals surface area contributed by atoms with E-state index >= 15 is 0 Å². The number of fused-ring (bicyclic) bond motifs is 7. The van der Waals surface area contributed by atoms with E-state index in [0.29, 0.717) is 12.3 Å². The fourth-order valence-corrected chi connectivity index (χ4v) is 6.31. The zero-order valence-electron chi connectivity index (χ0n) is 17.9. The normalized spacial score (nSPS) is 22.3. The minimum atomic E-state index is 0.0937. The van der Waals surface area contributed by atoms with Gasteiger partial charge in [0, 0.05) is 66.9 Å². The number of hydrogen-bond acceptors (Lipinski definition) is 2. The Kier molecular flexibility index (Phi) is 4.51. The lowest BCUT2D eigenvalue weighted by molar-refractivity contribution is -0.134. The average Bonchev–Trinajstić information content (AvgIpc) is 3.12. The number of benzene rings is 1. The van der Waals surface area contributed by atoms with E-state index in [4.69, 9.17) is 0 Å². The first kappa shape index (κ1) is 18.9. The molecule has 160 valence electrons. The molecule has 2 bridgehead atoms. The number of aryl methyl sites for hydroxylation is 2. The summed E-state index contributed by atoms with van der Waals surface area (Å²) in [7, 11) is 0. The summed E-state index contributed by atoms with van der Waals surface area (Å²) < 4.78 is 4.35. The summed E-state index contributed by atoms with van der Waals surface area (Å²) >= 11 is 0. The van der Waals surface area contributed by atoms with Crippen LogP contribution in [-0.4, -0.2) is 33.0 Å². The number of amides is 1. The number of pyridine rings is 1. The number of hydrogen-bond donors (Lipinski definition) is 0. The molecule has 31 heavy (non-hydrogen) atoms. The van der Waals surface area contributed by atoms with Crippen molar-refractivity contribution >= 4 is 16.8 Å². The van der Waals surface area contributed by atoms with Gasteiger partial charge in [-0.25, -0.2) is 0 Å². The van der Waals surface area contributed by atoms with Gasteiger partial charge in [-0.2, -0.15) is 0 Å². The van der Waals surface area contributed by atoms with E-state index in [1.165, 1.54) is 35.0 Å². The predicted octanol–water partition coefficient (Wildman–Crippen LogP) is 3.72. The van der Waals surface area contributed by atoms with Crippen molar-refractivity contribution in [3.8, 4) is 0 Å². The summed E-state index contributed by atoms with van der Waals surface area (Å²) in [6.45, 7) is 3.02. The Morgan fingerprint density at radius 1 is 0.968 bits per heavy atom. The molecule has 6 rings (SSSR count). The fourth-order valence-electron chi connectivity index (χ4n) is 6.31. The second-order valence-corrected chi connectivity index (χ2v) is 9.55. The second kappa shape index (κ2) is 7.40. The van der Waals surface area contributed by atoms with Crippen LogP contribution in [0.5, 0.6) is 0 Å². The van der Waals surface area contributed by atoms with E-state index in [0.717, 1.165) is 51.1 Å². The molecule has 2 aromatic heterocycles. The first-order valence-corrected chi connectivity index (χ1v) is 11.8. The number of likely N-dealkylation sites (tertiary alicyclic amines) is 1. The summed E-state index contributed by atoms with van der Waals surface area (Å²) in [5.74, 6) is 0.921. The van der Waals surface area contributed by atoms with Crippen molar-refractivity contribution in [3.05, 3.63) is 69.8 Å². The molecule has 0 saturated carbocycles. The molecule has 0 N–H and O–H groups in total. The summed E-state index contributed by atoms with van der Waals surface area (Å²) in [6.07, 6.45) is 6.42. The average molecular weight is 416 g/mol. The van der Waals surface area contributed by atoms with Crippen molar-refractivity contribution in [1.29, 1.82) is 0 Å². The Labute approximate surface area is 182 Å². The van der Waals surface area contributed by atoms with Crippen LogP contribution < -0.4 is 5.56 Å². The Morgan fingerprint density at radius 2 is 1.84 bits per heavy atom. The van der Waals surface area contributed by atoms with Crippen molar-refractivity contribution < 1.29 is 4.79 Å². The zero-order valence-corrected chi connectivity index (χ0v) is 17.9. The van der Waals surface area contributed by atoms with Gasteiger partial charge in [0.25, 0.3) is 5.56 Å².